The first kappa shape index (κ1) is 15.9. The normalized spacial score (nSPS) is 10.3. The summed E-state index contributed by atoms with van der Waals surface area (Å²) in [5.74, 6) is 0.615. The van der Waals surface area contributed by atoms with Gasteiger partial charge in [-0.3, -0.25) is 10.1 Å². The number of benzene rings is 1. The maximum atomic E-state index is 10.8. The number of ether oxygens (including phenoxy) is 1. The Bertz CT molecular complexity index is 495. The number of nitrogens with zero attached hydrogens (tertiary/aromatic N) is 2. The molecule has 0 unspecified atom stereocenters. The van der Waals surface area contributed by atoms with Gasteiger partial charge in [-0.2, -0.15) is 5.26 Å². The van der Waals surface area contributed by atoms with Crippen LogP contribution in [-0.4, -0.2) is 24.7 Å². The Balaban J connectivity index is 2.43. The molecule has 1 aromatic rings. The fraction of sp³-hybridized carbons (Fsp3) is 0.500. The lowest BCUT2D eigenvalue weighted by molar-refractivity contribution is -0.385. The first-order chi connectivity index (χ1) is 9.54. The predicted octanol–water partition coefficient (Wildman–Crippen LogP) is 2.94. The van der Waals surface area contributed by atoms with Crippen molar-refractivity contribution in [3.8, 4) is 6.07 Å². The van der Waals surface area contributed by atoms with Crippen molar-refractivity contribution in [3.63, 3.8) is 0 Å². The Morgan fingerprint density at radius 2 is 2.20 bits per heavy atom. The highest BCUT2D eigenvalue weighted by Crippen LogP contribution is 2.22. The van der Waals surface area contributed by atoms with Gasteiger partial charge in [-0.05, 0) is 24.5 Å². The Kier molecular flexibility index (Phi) is 6.47. The van der Waals surface area contributed by atoms with E-state index >= 15 is 0 Å². The fourth-order valence-electron chi connectivity index (χ4n) is 1.58. The highest BCUT2D eigenvalue weighted by molar-refractivity contribution is 5.59. The molecule has 20 heavy (non-hydrogen) atoms. The van der Waals surface area contributed by atoms with E-state index < -0.39 is 4.92 Å². The molecule has 0 spiro atoms. The molecule has 0 bridgehead atoms. The van der Waals surface area contributed by atoms with Crippen LogP contribution in [0.25, 0.3) is 0 Å². The number of rotatable bonds is 8. The Morgan fingerprint density at radius 1 is 1.45 bits per heavy atom. The minimum atomic E-state index is -0.553. The minimum Gasteiger partial charge on any atom is -0.383 e. The minimum absolute atomic E-state index is 0.0636. The highest BCUT2D eigenvalue weighted by atomic mass is 16.6. The van der Waals surface area contributed by atoms with Crippen LogP contribution < -0.4 is 5.32 Å². The van der Waals surface area contributed by atoms with Gasteiger partial charge in [-0.1, -0.05) is 13.8 Å². The summed E-state index contributed by atoms with van der Waals surface area (Å²) in [5, 5.41) is 22.6. The molecule has 0 fully saturated rings. The van der Waals surface area contributed by atoms with Crippen molar-refractivity contribution in [3.05, 3.63) is 33.9 Å². The molecule has 1 N–H and O–H groups in total. The summed E-state index contributed by atoms with van der Waals surface area (Å²) in [6, 6.07) is 6.27. The van der Waals surface area contributed by atoms with Gasteiger partial charge in [0.1, 0.15) is 11.6 Å². The maximum Gasteiger partial charge on any atom is 0.289 e. The largest absolute Gasteiger partial charge is 0.383 e. The second-order valence-corrected chi connectivity index (χ2v) is 4.82. The third-order valence-corrected chi connectivity index (χ3v) is 2.73. The standard InChI is InChI=1S/C14H19N3O3/c1-11(2)5-7-20-8-6-16-13-4-3-12(10-15)14(9-13)17(18)19/h3-4,9,11,16H,5-8H2,1-2H3. The number of nitro groups is 1. The van der Waals surface area contributed by atoms with Gasteiger partial charge in [0.25, 0.3) is 5.69 Å². The first-order valence-electron chi connectivity index (χ1n) is 6.54. The van der Waals surface area contributed by atoms with Crippen LogP contribution in [0.1, 0.15) is 25.8 Å². The van der Waals surface area contributed by atoms with E-state index in [2.05, 4.69) is 19.2 Å². The van der Waals surface area contributed by atoms with Crippen molar-refractivity contribution in [1.82, 2.24) is 0 Å². The van der Waals surface area contributed by atoms with E-state index in [1.807, 2.05) is 0 Å². The monoisotopic (exact) mass is 277 g/mol. The molecule has 0 saturated carbocycles. The molecular formula is C14H19N3O3. The van der Waals surface area contributed by atoms with Gasteiger partial charge in [0.2, 0.25) is 0 Å². The zero-order valence-corrected chi connectivity index (χ0v) is 11.8. The maximum absolute atomic E-state index is 10.8. The van der Waals surface area contributed by atoms with Gasteiger partial charge in [0.05, 0.1) is 11.5 Å². The van der Waals surface area contributed by atoms with Crippen molar-refractivity contribution in [2.45, 2.75) is 20.3 Å². The number of nitro benzene ring substituents is 1. The van der Waals surface area contributed by atoms with Crippen LogP contribution >= 0.6 is 0 Å². The second-order valence-electron chi connectivity index (χ2n) is 4.82. The zero-order chi connectivity index (χ0) is 15.0. The van der Waals surface area contributed by atoms with E-state index in [-0.39, 0.29) is 11.3 Å². The lowest BCUT2D eigenvalue weighted by atomic mass is 10.1. The molecule has 0 aliphatic heterocycles. The summed E-state index contributed by atoms with van der Waals surface area (Å²) in [4.78, 5) is 10.3. The van der Waals surface area contributed by atoms with Crippen molar-refractivity contribution in [1.29, 1.82) is 5.26 Å². The second kappa shape index (κ2) is 8.12. The van der Waals surface area contributed by atoms with Crippen LogP contribution in [0.3, 0.4) is 0 Å². The van der Waals surface area contributed by atoms with Gasteiger partial charge >= 0.3 is 0 Å². The molecule has 0 amide bonds. The Hall–Kier alpha value is -2.13. The lowest BCUT2D eigenvalue weighted by Gasteiger charge is -2.08. The quantitative estimate of drug-likeness (QED) is 0.448. The number of anilines is 1. The smallest absolute Gasteiger partial charge is 0.289 e. The van der Waals surface area contributed by atoms with E-state index in [0.29, 0.717) is 31.4 Å². The number of nitrogens with one attached hydrogen (secondary N) is 1. The molecule has 0 heterocycles. The van der Waals surface area contributed by atoms with Gasteiger partial charge in [-0.15, -0.1) is 0 Å². The molecule has 108 valence electrons. The van der Waals surface area contributed by atoms with Crippen LogP contribution in [0.4, 0.5) is 11.4 Å². The third-order valence-electron chi connectivity index (χ3n) is 2.73. The highest BCUT2D eigenvalue weighted by Gasteiger charge is 2.13. The molecule has 1 aromatic carbocycles. The SMILES string of the molecule is CC(C)CCOCCNc1ccc(C#N)c([N+](=O)[O-])c1. The van der Waals surface area contributed by atoms with E-state index in [1.54, 1.807) is 12.1 Å². The first-order valence-corrected chi connectivity index (χ1v) is 6.54. The summed E-state index contributed by atoms with van der Waals surface area (Å²) < 4.78 is 5.44. The van der Waals surface area contributed by atoms with E-state index in [1.165, 1.54) is 12.1 Å². The van der Waals surface area contributed by atoms with Crippen LogP contribution in [-0.2, 0) is 4.74 Å². The van der Waals surface area contributed by atoms with Crippen LogP contribution in [0.2, 0.25) is 0 Å². The number of hydrogen-bond donors (Lipinski definition) is 1. The van der Waals surface area contributed by atoms with Crippen molar-refractivity contribution >= 4 is 11.4 Å². The van der Waals surface area contributed by atoms with Gasteiger partial charge < -0.3 is 10.1 Å². The molecule has 0 aromatic heterocycles. The van der Waals surface area contributed by atoms with Crippen LogP contribution in [0.15, 0.2) is 18.2 Å². The molecule has 0 saturated heterocycles. The Morgan fingerprint density at radius 3 is 2.80 bits per heavy atom. The van der Waals surface area contributed by atoms with Gasteiger partial charge in [-0.25, -0.2) is 0 Å². The molecular weight excluding hydrogens is 258 g/mol. The van der Waals surface area contributed by atoms with Gasteiger partial charge in [0, 0.05) is 24.9 Å². The summed E-state index contributed by atoms with van der Waals surface area (Å²) >= 11 is 0. The van der Waals surface area contributed by atoms with Crippen LogP contribution in [0, 0.1) is 27.4 Å². The molecule has 6 nitrogen and oxygen atoms in total. The molecule has 0 atom stereocenters. The summed E-state index contributed by atoms with van der Waals surface area (Å²) in [5.41, 5.74) is 0.495. The van der Waals surface area contributed by atoms with Crippen molar-refractivity contribution < 1.29 is 9.66 Å². The third kappa shape index (κ3) is 5.24. The van der Waals surface area contributed by atoms with Crippen molar-refractivity contribution in [2.24, 2.45) is 5.92 Å². The molecule has 6 heteroatoms. The topological polar surface area (TPSA) is 88.2 Å². The zero-order valence-electron chi connectivity index (χ0n) is 11.8. The lowest BCUT2D eigenvalue weighted by Crippen LogP contribution is -2.11. The van der Waals surface area contributed by atoms with E-state index in [9.17, 15) is 10.1 Å². The van der Waals surface area contributed by atoms with Crippen LogP contribution in [0.5, 0.6) is 0 Å². The van der Waals surface area contributed by atoms with Gasteiger partial charge in [0.15, 0.2) is 0 Å². The molecule has 0 aliphatic carbocycles. The summed E-state index contributed by atoms with van der Waals surface area (Å²) in [7, 11) is 0. The predicted molar refractivity (Wildman–Crippen MR) is 76.6 cm³/mol. The van der Waals surface area contributed by atoms with Crippen molar-refractivity contribution in [2.75, 3.05) is 25.1 Å². The Labute approximate surface area is 118 Å². The number of hydrogen-bond acceptors (Lipinski definition) is 5. The molecule has 0 aliphatic rings. The van der Waals surface area contributed by atoms with E-state index in [0.717, 1.165) is 6.42 Å². The number of nitriles is 1. The van der Waals surface area contributed by atoms with E-state index in [4.69, 9.17) is 10.00 Å². The summed E-state index contributed by atoms with van der Waals surface area (Å²) in [6.45, 7) is 6.10. The fourth-order valence-corrected chi connectivity index (χ4v) is 1.58. The summed E-state index contributed by atoms with van der Waals surface area (Å²) in [6.07, 6.45) is 1.02. The molecule has 1 rings (SSSR count). The average molecular weight is 277 g/mol. The average Bonchev–Trinajstić information content (AvgIpc) is 2.42. The molecule has 0 radical (unpaired) electrons.